The van der Waals surface area contributed by atoms with Gasteiger partial charge in [0.2, 0.25) is 0 Å². The Labute approximate surface area is 143 Å². The molecule has 0 aromatic carbocycles. The zero-order chi connectivity index (χ0) is 17.9. The van der Waals surface area contributed by atoms with Crippen LogP contribution in [0.25, 0.3) is 0 Å². The Bertz CT molecular complexity index is 462. The molecule has 6 nitrogen and oxygen atoms in total. The molecule has 1 saturated carbocycles. The molecule has 5 N–H and O–H groups in total. The van der Waals surface area contributed by atoms with Gasteiger partial charge >= 0.3 is 0 Å². The van der Waals surface area contributed by atoms with Crippen LogP contribution in [-0.2, 0) is 4.74 Å². The summed E-state index contributed by atoms with van der Waals surface area (Å²) >= 11 is 0. The van der Waals surface area contributed by atoms with Crippen LogP contribution >= 0.6 is 0 Å². The molecule has 138 valence electrons. The molecular weight excluding hydrogens is 312 g/mol. The summed E-state index contributed by atoms with van der Waals surface area (Å²) in [4.78, 5) is 0. The zero-order valence-electron chi connectivity index (χ0n) is 14.4. The highest BCUT2D eigenvalue weighted by atomic mass is 16.5. The van der Waals surface area contributed by atoms with Gasteiger partial charge in [-0.25, -0.2) is 0 Å². The largest absolute Gasteiger partial charge is 0.508 e. The monoisotopic (exact) mass is 342 g/mol. The minimum absolute atomic E-state index is 0.00187. The molecule has 1 aliphatic carbocycles. The quantitative estimate of drug-likeness (QED) is 0.492. The molecule has 0 spiro atoms. The second-order valence-electron chi connectivity index (χ2n) is 7.12. The van der Waals surface area contributed by atoms with Crippen LogP contribution in [0.3, 0.4) is 0 Å². The van der Waals surface area contributed by atoms with E-state index in [9.17, 15) is 20.4 Å². The van der Waals surface area contributed by atoms with Crippen LogP contribution < -0.4 is 0 Å². The molecule has 2 aliphatic rings. The minimum Gasteiger partial charge on any atom is -0.508 e. The third-order valence-corrected chi connectivity index (χ3v) is 5.32. The predicted molar refractivity (Wildman–Crippen MR) is 89.1 cm³/mol. The van der Waals surface area contributed by atoms with Crippen molar-refractivity contribution in [3.05, 3.63) is 23.7 Å². The van der Waals surface area contributed by atoms with E-state index in [2.05, 4.69) is 0 Å². The van der Waals surface area contributed by atoms with E-state index in [0.717, 1.165) is 6.42 Å². The van der Waals surface area contributed by atoms with Gasteiger partial charge in [-0.1, -0.05) is 13.8 Å². The maximum atomic E-state index is 10.5. The molecule has 0 amide bonds. The molecule has 6 heteroatoms. The number of ether oxygens (including phenoxy) is 1. The smallest absolute Gasteiger partial charge is 0.127 e. The Balaban J connectivity index is 2.17. The topological polar surface area (TPSA) is 110 Å². The highest BCUT2D eigenvalue weighted by Gasteiger charge is 2.43. The van der Waals surface area contributed by atoms with Gasteiger partial charge in [-0.15, -0.1) is 0 Å². The van der Waals surface area contributed by atoms with Gasteiger partial charge in [0.15, 0.2) is 0 Å². The third-order valence-electron chi connectivity index (χ3n) is 5.32. The molecular formula is C18H30O6. The number of rotatable bonds is 4. The maximum absolute atomic E-state index is 10.5. The Kier molecular flexibility index (Phi) is 6.69. The van der Waals surface area contributed by atoms with Crippen molar-refractivity contribution < 1.29 is 30.3 Å². The average molecular weight is 342 g/mol. The normalized spacial score (nSPS) is 42.8. The van der Waals surface area contributed by atoms with Crippen molar-refractivity contribution >= 4 is 0 Å². The van der Waals surface area contributed by atoms with E-state index in [1.807, 2.05) is 13.8 Å². The second kappa shape index (κ2) is 8.34. The second-order valence-corrected chi connectivity index (χ2v) is 7.12. The summed E-state index contributed by atoms with van der Waals surface area (Å²) in [5, 5.41) is 49.1. The molecule has 5 unspecified atom stereocenters. The highest BCUT2D eigenvalue weighted by Crippen LogP contribution is 2.40. The van der Waals surface area contributed by atoms with Gasteiger partial charge in [-0.2, -0.15) is 0 Å². The van der Waals surface area contributed by atoms with E-state index in [4.69, 9.17) is 9.84 Å². The average Bonchev–Trinajstić information content (AvgIpc) is 2.53. The lowest BCUT2D eigenvalue weighted by molar-refractivity contribution is -0.128. The standard InChI is InChI=1S/C18H30O6/c1-3-11-7-15(22)18(24-16(11)9-13(20)4-5-19)12-6-10(2)17(23)14(21)8-12/h4,9-12,14-15,17-23H,3,5-8H2,1-2H3/b13-4+,16-9+/t10?,11?,12?,14-,15-,17?,18?/m0/s1. The third kappa shape index (κ3) is 4.30. The summed E-state index contributed by atoms with van der Waals surface area (Å²) in [6.45, 7) is 3.61. The minimum atomic E-state index is -0.812. The number of allylic oxidation sites excluding steroid dienone is 2. The van der Waals surface area contributed by atoms with Crippen molar-refractivity contribution in [2.45, 2.75) is 63.9 Å². The van der Waals surface area contributed by atoms with E-state index in [0.29, 0.717) is 25.0 Å². The van der Waals surface area contributed by atoms with Crippen molar-refractivity contribution in [2.75, 3.05) is 6.61 Å². The van der Waals surface area contributed by atoms with Crippen LogP contribution in [-0.4, -0.2) is 56.6 Å². The van der Waals surface area contributed by atoms with Crippen LogP contribution in [0.4, 0.5) is 0 Å². The van der Waals surface area contributed by atoms with Crippen LogP contribution in [0.15, 0.2) is 23.7 Å². The summed E-state index contributed by atoms with van der Waals surface area (Å²) in [5.41, 5.74) is 0. The van der Waals surface area contributed by atoms with Crippen LogP contribution in [0.5, 0.6) is 0 Å². The summed E-state index contributed by atoms with van der Waals surface area (Å²) in [6, 6.07) is 0. The Morgan fingerprint density at radius 2 is 1.88 bits per heavy atom. The van der Waals surface area contributed by atoms with E-state index < -0.39 is 24.4 Å². The van der Waals surface area contributed by atoms with Crippen LogP contribution in [0.2, 0.25) is 0 Å². The molecule has 0 radical (unpaired) electrons. The molecule has 0 bridgehead atoms. The first-order valence-corrected chi connectivity index (χ1v) is 8.79. The number of hydrogen-bond acceptors (Lipinski definition) is 6. The summed E-state index contributed by atoms with van der Waals surface area (Å²) in [6.07, 6.45) is 2.48. The summed E-state index contributed by atoms with van der Waals surface area (Å²) in [5.74, 6) is 0.422. The van der Waals surface area contributed by atoms with Gasteiger partial charge in [0.05, 0.1) is 24.9 Å². The van der Waals surface area contributed by atoms with Crippen molar-refractivity contribution in [3.8, 4) is 0 Å². The molecule has 1 aliphatic heterocycles. The van der Waals surface area contributed by atoms with E-state index >= 15 is 0 Å². The van der Waals surface area contributed by atoms with E-state index in [1.165, 1.54) is 12.2 Å². The highest BCUT2D eigenvalue weighted by molar-refractivity contribution is 5.18. The number of hydrogen-bond donors (Lipinski definition) is 5. The molecule has 2 rings (SSSR count). The van der Waals surface area contributed by atoms with Gasteiger partial charge in [0, 0.05) is 17.9 Å². The van der Waals surface area contributed by atoms with Crippen LogP contribution in [0.1, 0.15) is 39.5 Å². The first kappa shape index (κ1) is 19.2. The van der Waals surface area contributed by atoms with Crippen LogP contribution in [0, 0.1) is 17.8 Å². The van der Waals surface area contributed by atoms with Gasteiger partial charge in [0.25, 0.3) is 0 Å². The fourth-order valence-electron chi connectivity index (χ4n) is 3.91. The summed E-state index contributed by atoms with van der Waals surface area (Å²) in [7, 11) is 0. The van der Waals surface area contributed by atoms with Gasteiger partial charge < -0.3 is 30.3 Å². The molecule has 7 atom stereocenters. The lowest BCUT2D eigenvalue weighted by Gasteiger charge is -2.44. The Morgan fingerprint density at radius 3 is 2.46 bits per heavy atom. The first-order chi connectivity index (χ1) is 11.4. The molecule has 0 aromatic heterocycles. The molecule has 1 heterocycles. The van der Waals surface area contributed by atoms with Crippen molar-refractivity contribution in [1.29, 1.82) is 0 Å². The lowest BCUT2D eigenvalue weighted by Crippen LogP contribution is -2.49. The number of aliphatic hydroxyl groups excluding tert-OH is 5. The van der Waals surface area contributed by atoms with Gasteiger partial charge in [-0.05, 0) is 37.7 Å². The molecule has 1 saturated heterocycles. The molecule has 24 heavy (non-hydrogen) atoms. The van der Waals surface area contributed by atoms with Gasteiger partial charge in [0.1, 0.15) is 17.6 Å². The van der Waals surface area contributed by atoms with E-state index in [1.54, 1.807) is 0 Å². The van der Waals surface area contributed by atoms with E-state index in [-0.39, 0.29) is 30.1 Å². The Hall–Kier alpha value is -1.08. The van der Waals surface area contributed by atoms with Gasteiger partial charge in [-0.3, -0.25) is 0 Å². The molecule has 0 aromatic rings. The Morgan fingerprint density at radius 1 is 1.17 bits per heavy atom. The lowest BCUT2D eigenvalue weighted by atomic mass is 9.73. The fraction of sp³-hybridized carbons (Fsp3) is 0.778. The summed E-state index contributed by atoms with van der Waals surface area (Å²) < 4.78 is 6.03. The van der Waals surface area contributed by atoms with Crippen molar-refractivity contribution in [2.24, 2.45) is 17.8 Å². The number of aliphatic hydroxyl groups is 5. The SMILES string of the molecule is CCC1C[C@H](O)C(C2CC(C)C(O)[C@@H](O)C2)O/C1=C/C(O)=C\CO. The fourth-order valence-corrected chi connectivity index (χ4v) is 3.91. The van der Waals surface area contributed by atoms with Crippen molar-refractivity contribution in [1.82, 2.24) is 0 Å². The first-order valence-electron chi connectivity index (χ1n) is 8.79. The zero-order valence-corrected chi connectivity index (χ0v) is 14.4. The molecule has 2 fully saturated rings. The van der Waals surface area contributed by atoms with Crippen molar-refractivity contribution in [3.63, 3.8) is 0 Å². The predicted octanol–water partition coefficient (Wildman–Crippen LogP) is 1.25. The maximum Gasteiger partial charge on any atom is 0.127 e.